The first-order valence-electron chi connectivity index (χ1n) is 11.4. The molecule has 0 aromatic heterocycles. The molecule has 3 aromatic rings. The maximum absolute atomic E-state index is 13.9. The SMILES string of the molecule is CC(=O)Nc1ccc(S(=O)(=O)N(Cc2ccccc2Cl)C2CC(=O)N(c3ccc(S(N)(=O)=O)cc3)C2=O)cc1. The Morgan fingerprint density at radius 2 is 1.56 bits per heavy atom. The second-order valence-corrected chi connectivity index (χ2v) is 12.5. The van der Waals surface area contributed by atoms with Gasteiger partial charge in [0, 0.05) is 24.2 Å². The highest BCUT2D eigenvalue weighted by Crippen LogP contribution is 2.32. The standard InChI is InChI=1S/C25H23ClN4O7S2/c1-16(31)28-18-6-10-21(11-7-18)39(36,37)29(15-17-4-2-3-5-22(17)26)23-14-24(32)30(25(23)33)19-8-12-20(13-9-19)38(27,34)35/h2-13,23H,14-15H2,1H3,(H,28,31)(H2,27,34,35). The Kier molecular flexibility index (Phi) is 7.91. The summed E-state index contributed by atoms with van der Waals surface area (Å²) in [6.45, 7) is 1.00. The van der Waals surface area contributed by atoms with Crippen LogP contribution in [0, 0.1) is 0 Å². The molecular formula is C25H23ClN4O7S2. The lowest BCUT2D eigenvalue weighted by atomic mass is 10.2. The predicted molar refractivity (Wildman–Crippen MR) is 144 cm³/mol. The van der Waals surface area contributed by atoms with E-state index in [1.54, 1.807) is 24.3 Å². The van der Waals surface area contributed by atoms with Crippen LogP contribution in [0.2, 0.25) is 5.02 Å². The van der Waals surface area contributed by atoms with Crippen LogP contribution in [0.15, 0.2) is 82.6 Å². The molecule has 3 aromatic carbocycles. The van der Waals surface area contributed by atoms with Crippen molar-refractivity contribution >= 4 is 60.7 Å². The van der Waals surface area contributed by atoms with Gasteiger partial charge in [0.25, 0.3) is 5.91 Å². The summed E-state index contributed by atoms with van der Waals surface area (Å²) < 4.78 is 51.8. The lowest BCUT2D eigenvalue weighted by Gasteiger charge is -2.27. The average molecular weight is 591 g/mol. The van der Waals surface area contributed by atoms with Crippen molar-refractivity contribution in [3.05, 3.63) is 83.4 Å². The topological polar surface area (TPSA) is 164 Å². The maximum Gasteiger partial charge on any atom is 0.252 e. The van der Waals surface area contributed by atoms with Crippen LogP contribution in [-0.2, 0) is 41.0 Å². The molecule has 3 amide bonds. The Morgan fingerprint density at radius 3 is 2.13 bits per heavy atom. The van der Waals surface area contributed by atoms with Crippen molar-refractivity contribution in [2.75, 3.05) is 10.2 Å². The Morgan fingerprint density at radius 1 is 0.974 bits per heavy atom. The molecule has 1 aliphatic rings. The Hall–Kier alpha value is -3.62. The fourth-order valence-corrected chi connectivity index (χ4v) is 6.37. The van der Waals surface area contributed by atoms with Gasteiger partial charge in [0.15, 0.2) is 0 Å². The number of anilines is 2. The van der Waals surface area contributed by atoms with Gasteiger partial charge >= 0.3 is 0 Å². The Labute approximate surface area is 230 Å². The van der Waals surface area contributed by atoms with E-state index < -0.39 is 44.3 Å². The van der Waals surface area contributed by atoms with Gasteiger partial charge in [-0.05, 0) is 60.2 Å². The molecule has 3 N–H and O–H groups in total. The van der Waals surface area contributed by atoms with Crippen LogP contribution >= 0.6 is 11.6 Å². The Balaban J connectivity index is 1.73. The molecule has 1 atom stereocenters. The van der Waals surface area contributed by atoms with Crippen LogP contribution < -0.4 is 15.4 Å². The first kappa shape index (κ1) is 28.4. The number of rotatable bonds is 8. The van der Waals surface area contributed by atoms with Crippen molar-refractivity contribution in [3.8, 4) is 0 Å². The average Bonchev–Trinajstić information content (AvgIpc) is 3.16. The van der Waals surface area contributed by atoms with E-state index in [0.717, 1.165) is 21.3 Å². The van der Waals surface area contributed by atoms with Crippen LogP contribution in [-0.4, -0.2) is 44.9 Å². The third-order valence-corrected chi connectivity index (χ3v) is 9.13. The molecular weight excluding hydrogens is 568 g/mol. The molecule has 204 valence electrons. The molecule has 4 rings (SSSR count). The number of sulfonamides is 2. The third-order valence-electron chi connectivity index (χ3n) is 5.96. The molecule has 1 saturated heterocycles. The molecule has 14 heteroatoms. The molecule has 0 radical (unpaired) electrons. The monoisotopic (exact) mass is 590 g/mol. The number of primary sulfonamides is 1. The van der Waals surface area contributed by atoms with E-state index in [4.69, 9.17) is 16.7 Å². The maximum atomic E-state index is 13.9. The van der Waals surface area contributed by atoms with Gasteiger partial charge in [0.05, 0.1) is 21.9 Å². The van der Waals surface area contributed by atoms with Gasteiger partial charge < -0.3 is 5.32 Å². The van der Waals surface area contributed by atoms with Gasteiger partial charge in [-0.2, -0.15) is 4.31 Å². The number of amides is 3. The van der Waals surface area contributed by atoms with Crippen molar-refractivity contribution in [2.45, 2.75) is 35.7 Å². The molecule has 1 unspecified atom stereocenters. The fourth-order valence-electron chi connectivity index (χ4n) is 4.10. The minimum absolute atomic E-state index is 0.0645. The molecule has 39 heavy (non-hydrogen) atoms. The summed E-state index contributed by atoms with van der Waals surface area (Å²) >= 11 is 6.30. The van der Waals surface area contributed by atoms with Crippen molar-refractivity contribution in [1.82, 2.24) is 4.31 Å². The number of halogens is 1. The summed E-state index contributed by atoms with van der Waals surface area (Å²) in [5, 5.41) is 7.94. The quantitative estimate of drug-likeness (QED) is 0.380. The summed E-state index contributed by atoms with van der Waals surface area (Å²) in [5.74, 6) is -1.82. The van der Waals surface area contributed by atoms with Crippen molar-refractivity contribution in [1.29, 1.82) is 0 Å². The van der Waals surface area contributed by atoms with Gasteiger partial charge in [0.2, 0.25) is 31.9 Å². The lowest BCUT2D eigenvalue weighted by molar-refractivity contribution is -0.122. The van der Waals surface area contributed by atoms with E-state index in [0.29, 0.717) is 11.3 Å². The Bertz CT molecular complexity index is 1660. The zero-order chi connectivity index (χ0) is 28.5. The second-order valence-electron chi connectivity index (χ2n) is 8.67. The number of benzene rings is 3. The summed E-state index contributed by atoms with van der Waals surface area (Å²) in [6, 6.07) is 15.3. The summed E-state index contributed by atoms with van der Waals surface area (Å²) in [6.07, 6.45) is -0.455. The highest BCUT2D eigenvalue weighted by Gasteiger charge is 2.47. The minimum atomic E-state index is -4.37. The minimum Gasteiger partial charge on any atom is -0.326 e. The number of hydrogen-bond donors (Lipinski definition) is 2. The molecule has 1 heterocycles. The first-order chi connectivity index (χ1) is 18.3. The number of nitrogens with one attached hydrogen (secondary N) is 1. The van der Waals surface area contributed by atoms with Crippen LogP contribution in [0.25, 0.3) is 0 Å². The van der Waals surface area contributed by atoms with E-state index in [9.17, 15) is 31.2 Å². The predicted octanol–water partition coefficient (Wildman–Crippen LogP) is 2.47. The smallest absolute Gasteiger partial charge is 0.252 e. The van der Waals surface area contributed by atoms with E-state index in [2.05, 4.69) is 5.32 Å². The zero-order valence-electron chi connectivity index (χ0n) is 20.4. The molecule has 1 aliphatic heterocycles. The van der Waals surface area contributed by atoms with Crippen LogP contribution in [0.5, 0.6) is 0 Å². The van der Waals surface area contributed by atoms with E-state index in [1.807, 2.05) is 0 Å². The number of carbonyl (C=O) groups is 3. The van der Waals surface area contributed by atoms with Crippen LogP contribution in [0.3, 0.4) is 0 Å². The van der Waals surface area contributed by atoms with E-state index in [-0.39, 0.29) is 33.0 Å². The highest BCUT2D eigenvalue weighted by molar-refractivity contribution is 7.89. The molecule has 0 saturated carbocycles. The van der Waals surface area contributed by atoms with Crippen molar-refractivity contribution < 1.29 is 31.2 Å². The fraction of sp³-hybridized carbons (Fsp3) is 0.160. The molecule has 0 aliphatic carbocycles. The normalized spacial score (nSPS) is 16.1. The van der Waals surface area contributed by atoms with Gasteiger partial charge in [-0.25, -0.2) is 26.9 Å². The number of nitrogens with two attached hydrogens (primary N) is 1. The van der Waals surface area contributed by atoms with Gasteiger partial charge in [-0.1, -0.05) is 29.8 Å². The van der Waals surface area contributed by atoms with Gasteiger partial charge in [-0.3, -0.25) is 14.4 Å². The largest absolute Gasteiger partial charge is 0.326 e. The highest BCUT2D eigenvalue weighted by atomic mass is 35.5. The number of hydrogen-bond acceptors (Lipinski definition) is 7. The molecule has 0 bridgehead atoms. The number of nitrogens with zero attached hydrogens (tertiary/aromatic N) is 2. The summed E-state index contributed by atoms with van der Waals surface area (Å²) in [4.78, 5) is 38.3. The van der Waals surface area contributed by atoms with Gasteiger partial charge in [0.1, 0.15) is 6.04 Å². The first-order valence-corrected chi connectivity index (χ1v) is 14.8. The van der Waals surface area contributed by atoms with Gasteiger partial charge in [-0.15, -0.1) is 0 Å². The van der Waals surface area contributed by atoms with E-state index in [1.165, 1.54) is 43.3 Å². The summed E-state index contributed by atoms with van der Waals surface area (Å²) in [7, 11) is -8.37. The third kappa shape index (κ3) is 6.02. The zero-order valence-corrected chi connectivity index (χ0v) is 22.8. The van der Waals surface area contributed by atoms with Crippen LogP contribution in [0.1, 0.15) is 18.9 Å². The summed E-state index contributed by atoms with van der Waals surface area (Å²) in [5.41, 5.74) is 0.851. The van der Waals surface area contributed by atoms with Crippen LogP contribution in [0.4, 0.5) is 11.4 Å². The van der Waals surface area contributed by atoms with Crippen molar-refractivity contribution in [3.63, 3.8) is 0 Å². The lowest BCUT2D eigenvalue weighted by Crippen LogP contribution is -2.45. The van der Waals surface area contributed by atoms with E-state index >= 15 is 0 Å². The van der Waals surface area contributed by atoms with Crippen molar-refractivity contribution in [2.24, 2.45) is 5.14 Å². The molecule has 11 nitrogen and oxygen atoms in total. The number of imide groups is 1. The molecule has 1 fully saturated rings. The number of carbonyl (C=O) groups excluding carboxylic acids is 3. The second kappa shape index (κ2) is 10.9. The molecule has 0 spiro atoms.